The number of ketones is 2. The summed E-state index contributed by atoms with van der Waals surface area (Å²) >= 11 is 24.9. The largest absolute Gasteiger partial charge is 0.473 e. The molecule has 8 bridgehead atoms. The van der Waals surface area contributed by atoms with Gasteiger partial charge in [-0.3, -0.25) is 9.59 Å². The summed E-state index contributed by atoms with van der Waals surface area (Å²) in [5.74, 6) is 1.59. The molecule has 4 saturated carbocycles. The van der Waals surface area contributed by atoms with E-state index in [9.17, 15) is 28.8 Å². The summed E-state index contributed by atoms with van der Waals surface area (Å²) in [7, 11) is 0. The number of fused-ring (bicyclic) bond motifs is 8. The number of carbonyl (C=O) groups excluding carboxylic acids is 6. The molecule has 10 heterocycles. The van der Waals surface area contributed by atoms with Gasteiger partial charge in [-0.2, -0.15) is 0 Å². The van der Waals surface area contributed by atoms with Crippen molar-refractivity contribution in [3.8, 4) is 23.5 Å². The second kappa shape index (κ2) is 39.3. The molecule has 2 N–H and O–H groups in total. The van der Waals surface area contributed by atoms with Crippen molar-refractivity contribution in [2.45, 2.75) is 221 Å². The molecule has 2 aromatic carbocycles. The van der Waals surface area contributed by atoms with Gasteiger partial charge >= 0.3 is 24.4 Å². The second-order valence-electron chi connectivity index (χ2n) is 38.2. The molecule has 128 heavy (non-hydrogen) atoms. The van der Waals surface area contributed by atoms with Crippen LogP contribution in [-0.2, 0) is 47.5 Å². The zero-order valence-electron chi connectivity index (χ0n) is 75.0. The van der Waals surface area contributed by atoms with Crippen LogP contribution in [0.1, 0.15) is 157 Å². The van der Waals surface area contributed by atoms with Crippen LogP contribution < -0.4 is 29.6 Å². The average molecular weight is 1850 g/mol. The van der Waals surface area contributed by atoms with E-state index in [0.29, 0.717) is 231 Å². The Labute approximate surface area is 765 Å². The van der Waals surface area contributed by atoms with E-state index in [1.807, 2.05) is 111 Å². The van der Waals surface area contributed by atoms with Gasteiger partial charge in [0.05, 0.1) is 72.1 Å². The number of ether oxygens (including phenoxy) is 12. The molecule has 4 amide bonds. The van der Waals surface area contributed by atoms with Crippen molar-refractivity contribution in [2.24, 2.45) is 47.3 Å². The van der Waals surface area contributed by atoms with Crippen molar-refractivity contribution in [1.82, 2.24) is 59.5 Å². The predicted octanol–water partition coefficient (Wildman–Crippen LogP) is 17.1. The summed E-state index contributed by atoms with van der Waals surface area (Å²) in [6.07, 6.45) is 7.57. The molecule has 10 fully saturated rings. The highest BCUT2D eigenvalue weighted by atomic mass is 35.5. The third-order valence-electron chi connectivity index (χ3n) is 23.5. The summed E-state index contributed by atoms with van der Waals surface area (Å²) < 4.78 is 71.6. The normalized spacial score (nSPS) is 24.8. The predicted molar refractivity (Wildman–Crippen MR) is 472 cm³/mol. The smallest absolute Gasteiger partial charge is 0.410 e. The number of nitrogens with one attached hydrogen (secondary N) is 2. The number of halogens is 4. The SMILES string of the molecule is Cc1c(Cl)ncnc1OC1C2CN(C(=O)OC(C)(C)C)CC1CC1(C2)OCCO1.Cc1c(Cl)ncnc1OC1C2CN(C(=O)OC(C)(C)C)CC1CC1(C2)OCCO1.[C-]#[N+]c1ccc(Nc2ncnc(OC3C4CC(=O)CC3CN(C(=O)OC(C)(C)C)C4)c2C)c(Cl)c1.[C-]#[N+]c1ccc(Nc2ncnc(OC3C4CC(=O)CC3CN(C(=O)OC(C)(C)C)C4)c2C)c(Cl)c1. The molecule has 6 saturated heterocycles. The van der Waals surface area contributed by atoms with Crippen LogP contribution in [0.3, 0.4) is 0 Å². The van der Waals surface area contributed by atoms with Gasteiger partial charge in [0.25, 0.3) is 0 Å². The number of rotatable bonds is 12. The van der Waals surface area contributed by atoms with Crippen molar-refractivity contribution in [3.05, 3.63) is 127 Å². The summed E-state index contributed by atoms with van der Waals surface area (Å²) in [4.78, 5) is 123. The summed E-state index contributed by atoms with van der Waals surface area (Å²) in [6.45, 7) is 49.9. The minimum Gasteiger partial charge on any atom is -0.473 e. The Morgan fingerprint density at radius 3 is 0.898 bits per heavy atom. The number of Topliss-reactive ketones (excluding diaryl/α,β-unsaturated/α-hetero) is 2. The Kier molecular flexibility index (Phi) is 29.4. The highest BCUT2D eigenvalue weighted by Crippen LogP contribution is 2.50. The van der Waals surface area contributed by atoms with Gasteiger partial charge in [0.2, 0.25) is 23.5 Å². The van der Waals surface area contributed by atoms with E-state index in [-0.39, 0.29) is 108 Å². The van der Waals surface area contributed by atoms with Crippen molar-refractivity contribution in [1.29, 1.82) is 0 Å². The zero-order chi connectivity index (χ0) is 92.3. The Morgan fingerprint density at radius 1 is 0.391 bits per heavy atom. The van der Waals surface area contributed by atoms with Gasteiger partial charge in [0.15, 0.2) is 22.9 Å². The van der Waals surface area contributed by atoms with Crippen molar-refractivity contribution in [2.75, 3.05) is 89.4 Å². The van der Waals surface area contributed by atoms with Crippen LogP contribution >= 0.6 is 46.4 Å². The number of hydrogen-bond acceptors (Lipinski definition) is 28. The first-order chi connectivity index (χ1) is 60.4. The lowest BCUT2D eigenvalue weighted by Gasteiger charge is -2.51. The number of piperidine rings is 4. The van der Waals surface area contributed by atoms with Crippen molar-refractivity contribution < 1.29 is 85.6 Å². The molecule has 8 unspecified atom stereocenters. The van der Waals surface area contributed by atoms with Crippen LogP contribution in [0.15, 0.2) is 61.7 Å². The quantitative estimate of drug-likeness (QED) is 0.0653. The number of amides is 4. The topological polar surface area (TPSA) is 362 Å². The summed E-state index contributed by atoms with van der Waals surface area (Å²) in [6, 6.07) is 9.96. The van der Waals surface area contributed by atoms with E-state index in [1.165, 1.54) is 25.3 Å². The maximum absolute atomic E-state index is 12.7. The summed E-state index contributed by atoms with van der Waals surface area (Å²) in [5, 5.41) is 7.93. The molecule has 10 aliphatic rings. The molecule has 8 atom stereocenters. The van der Waals surface area contributed by atoms with Crippen LogP contribution in [0, 0.1) is 88.2 Å². The third-order valence-corrected chi connectivity index (χ3v) is 24.9. The Hall–Kier alpha value is -10.0. The van der Waals surface area contributed by atoms with Gasteiger partial charge in [0, 0.05) is 162 Å². The number of carbonyl (C=O) groups is 6. The Balaban J connectivity index is 0.000000146. The molecule has 4 aromatic heterocycles. The number of likely N-dealkylation sites (tertiary alicyclic amines) is 4. The molecule has 38 heteroatoms. The van der Waals surface area contributed by atoms with Gasteiger partial charge in [-0.1, -0.05) is 58.5 Å². The highest BCUT2D eigenvalue weighted by molar-refractivity contribution is 6.34. The number of hydrogen-bond donors (Lipinski definition) is 2. The molecule has 34 nitrogen and oxygen atoms in total. The van der Waals surface area contributed by atoms with Gasteiger partial charge in [-0.15, -0.1) is 0 Å². The molecule has 6 aromatic rings. The first-order valence-electron chi connectivity index (χ1n) is 43.0. The fourth-order valence-corrected chi connectivity index (χ4v) is 18.9. The van der Waals surface area contributed by atoms with Crippen LogP contribution in [0.4, 0.5) is 53.6 Å². The molecule has 4 aliphatic carbocycles. The maximum atomic E-state index is 12.7. The standard InChI is InChI=1S/2C25H28ClN5O4.2C20H28ClN3O5/c2*1-14-22(30-20-7-6-17(27-5)10-19(20)26)28-13-29-23(14)34-21-15-8-18(32)9-16(21)12-31(11-15)24(33)35-25(2,3)4;2*1-12-16(21)22-11-23-17(12)28-15-13-7-20(26-5-6-27-20)8-14(15)10-24(9-13)18(25)29-19(2,3)4/h2*6-7,10,13,15-16,21H,8-9,11-12H2,1-4H3,(H,28,29,30);2*11,13-15H,5-10H2,1-4H3. The molecule has 2 spiro atoms. The maximum Gasteiger partial charge on any atom is 0.410 e. The van der Waals surface area contributed by atoms with Gasteiger partial charge in [0.1, 0.15) is 106 Å². The van der Waals surface area contributed by atoms with Crippen LogP contribution in [-0.4, -0.2) is 233 Å². The molecular formula is C90H112Cl4N16O18. The third kappa shape index (κ3) is 23.8. The first-order valence-corrected chi connectivity index (χ1v) is 44.5. The number of benzene rings is 2. The molecule has 0 radical (unpaired) electrons. The highest BCUT2D eigenvalue weighted by Gasteiger charge is 2.58. The minimum absolute atomic E-state index is 0.0289. The van der Waals surface area contributed by atoms with E-state index in [1.54, 1.807) is 56.0 Å². The average Bonchev–Trinajstić information content (AvgIpc) is 1.36. The Bertz CT molecular complexity index is 4790. The fourth-order valence-electron chi connectivity index (χ4n) is 18.2. The van der Waals surface area contributed by atoms with E-state index in [4.69, 9.17) is 116 Å². The zero-order valence-corrected chi connectivity index (χ0v) is 78.0. The van der Waals surface area contributed by atoms with Crippen LogP contribution in [0.5, 0.6) is 23.5 Å². The second-order valence-corrected chi connectivity index (χ2v) is 39.7. The number of nitrogens with zero attached hydrogens (tertiary/aromatic N) is 14. The van der Waals surface area contributed by atoms with Gasteiger partial charge < -0.3 is 87.1 Å². The van der Waals surface area contributed by atoms with E-state index in [2.05, 4.69) is 60.2 Å². The molecule has 16 rings (SSSR count). The van der Waals surface area contributed by atoms with Crippen LogP contribution in [0.2, 0.25) is 20.4 Å². The van der Waals surface area contributed by atoms with E-state index >= 15 is 0 Å². The lowest BCUT2D eigenvalue weighted by Crippen LogP contribution is -2.61. The molecule has 6 aliphatic heterocycles. The van der Waals surface area contributed by atoms with Crippen molar-refractivity contribution >= 4 is 117 Å². The van der Waals surface area contributed by atoms with E-state index < -0.39 is 34.0 Å². The van der Waals surface area contributed by atoms with Crippen LogP contribution in [0.25, 0.3) is 9.69 Å². The van der Waals surface area contributed by atoms with E-state index in [0.717, 1.165) is 0 Å². The minimum atomic E-state index is -0.587. The van der Waals surface area contributed by atoms with Gasteiger partial charge in [-0.25, -0.2) is 68.7 Å². The number of anilines is 4. The first kappa shape index (κ1) is 95.5. The number of aromatic nitrogens is 8. The fraction of sp³-hybridized carbons (Fsp3) is 0.600. The van der Waals surface area contributed by atoms with Crippen molar-refractivity contribution in [3.63, 3.8) is 0 Å². The molecular weight excluding hydrogens is 1730 g/mol. The Morgan fingerprint density at radius 2 is 0.641 bits per heavy atom. The molecule has 688 valence electrons. The van der Waals surface area contributed by atoms with Gasteiger partial charge in [-0.05, 0) is 135 Å². The lowest BCUT2D eigenvalue weighted by molar-refractivity contribution is -0.226. The monoisotopic (exact) mass is 1840 g/mol. The lowest BCUT2D eigenvalue weighted by atomic mass is 9.72. The summed E-state index contributed by atoms with van der Waals surface area (Å²) in [5.41, 5.74) is 2.68.